The zero-order chi connectivity index (χ0) is 10.9. The first kappa shape index (κ1) is 12.9. The molecule has 13 heavy (non-hydrogen) atoms. The third-order valence-corrected chi connectivity index (χ3v) is 1.63. The van der Waals surface area contributed by atoms with Crippen molar-refractivity contribution in [3.8, 4) is 0 Å². The maximum absolute atomic E-state index is 9.65. The Kier molecular flexibility index (Phi) is 3.53. The molecule has 0 heterocycles. The lowest BCUT2D eigenvalue weighted by Crippen LogP contribution is -2.54. The van der Waals surface area contributed by atoms with Crippen LogP contribution in [0.1, 0.15) is 27.7 Å². The van der Waals surface area contributed by atoms with E-state index in [1.54, 1.807) is 27.7 Å². The van der Waals surface area contributed by atoms with Gasteiger partial charge in [0.15, 0.2) is 0 Å². The Morgan fingerprint density at radius 2 is 1.08 bits per heavy atom. The molecule has 0 saturated heterocycles. The van der Waals surface area contributed by atoms with Crippen molar-refractivity contribution in [3.05, 3.63) is 0 Å². The van der Waals surface area contributed by atoms with Gasteiger partial charge in [0.1, 0.15) is 24.3 Å². The van der Waals surface area contributed by atoms with Crippen LogP contribution in [-0.2, 0) is 0 Å². The van der Waals surface area contributed by atoms with Gasteiger partial charge in [0.05, 0.1) is 14.1 Å². The van der Waals surface area contributed by atoms with Gasteiger partial charge in [-0.3, -0.25) is 0 Å². The molecular formula is C10H24NO2+. The molecule has 0 radical (unpaired) electrons. The smallest absolute Gasteiger partial charge is 0.108 e. The van der Waals surface area contributed by atoms with Crippen molar-refractivity contribution in [2.45, 2.75) is 38.9 Å². The Morgan fingerprint density at radius 1 is 0.846 bits per heavy atom. The number of hydrogen-bond donors (Lipinski definition) is 2. The zero-order valence-electron chi connectivity index (χ0n) is 9.76. The molecule has 0 atom stereocenters. The minimum Gasteiger partial charge on any atom is -0.385 e. The van der Waals surface area contributed by atoms with Crippen molar-refractivity contribution in [2.24, 2.45) is 0 Å². The Labute approximate surface area is 81.6 Å². The highest BCUT2D eigenvalue weighted by Gasteiger charge is 2.31. The third-order valence-electron chi connectivity index (χ3n) is 1.63. The summed E-state index contributed by atoms with van der Waals surface area (Å²) in [5, 5.41) is 19.3. The van der Waals surface area contributed by atoms with Crippen molar-refractivity contribution in [2.75, 3.05) is 27.2 Å². The fourth-order valence-corrected chi connectivity index (χ4v) is 2.15. The summed E-state index contributed by atoms with van der Waals surface area (Å²) < 4.78 is 0.618. The summed E-state index contributed by atoms with van der Waals surface area (Å²) >= 11 is 0. The van der Waals surface area contributed by atoms with Crippen molar-refractivity contribution in [3.63, 3.8) is 0 Å². The van der Waals surface area contributed by atoms with E-state index in [4.69, 9.17) is 0 Å². The highest BCUT2D eigenvalue weighted by Crippen LogP contribution is 2.14. The molecule has 80 valence electrons. The molecule has 0 aliphatic rings. The number of hydrogen-bond acceptors (Lipinski definition) is 2. The standard InChI is InChI=1S/C10H24NO2/c1-9(2,12)7-11(5,6)8-10(3,4)13/h12-13H,7-8H2,1-6H3/q+1. The van der Waals surface area contributed by atoms with Gasteiger partial charge in [0, 0.05) is 0 Å². The lowest BCUT2D eigenvalue weighted by Gasteiger charge is -2.38. The topological polar surface area (TPSA) is 40.5 Å². The maximum atomic E-state index is 9.65. The zero-order valence-corrected chi connectivity index (χ0v) is 9.76. The summed E-state index contributed by atoms with van der Waals surface area (Å²) in [6.45, 7) is 8.43. The van der Waals surface area contributed by atoms with Gasteiger partial charge in [-0.05, 0) is 27.7 Å². The number of nitrogens with zero attached hydrogens (tertiary/aromatic N) is 1. The van der Waals surface area contributed by atoms with E-state index in [0.717, 1.165) is 0 Å². The minimum absolute atomic E-state index is 0.618. The molecule has 0 amide bonds. The highest BCUT2D eigenvalue weighted by atomic mass is 16.3. The van der Waals surface area contributed by atoms with Gasteiger partial charge in [-0.1, -0.05) is 0 Å². The molecule has 0 spiro atoms. The van der Waals surface area contributed by atoms with E-state index >= 15 is 0 Å². The molecule has 0 bridgehead atoms. The molecule has 2 N–H and O–H groups in total. The van der Waals surface area contributed by atoms with E-state index in [1.165, 1.54) is 0 Å². The quantitative estimate of drug-likeness (QED) is 0.638. The van der Waals surface area contributed by atoms with Crippen molar-refractivity contribution in [1.82, 2.24) is 0 Å². The lowest BCUT2D eigenvalue weighted by molar-refractivity contribution is -0.901. The molecule has 3 heteroatoms. The average molecular weight is 190 g/mol. The largest absolute Gasteiger partial charge is 0.385 e. The van der Waals surface area contributed by atoms with Gasteiger partial charge in [-0.25, -0.2) is 0 Å². The molecule has 0 saturated carbocycles. The minimum atomic E-state index is -0.686. The summed E-state index contributed by atoms with van der Waals surface area (Å²) in [5.41, 5.74) is -1.37. The highest BCUT2D eigenvalue weighted by molar-refractivity contribution is 4.68. The van der Waals surface area contributed by atoms with E-state index in [2.05, 4.69) is 0 Å². The molecule has 0 aromatic heterocycles. The molecule has 0 unspecified atom stereocenters. The van der Waals surface area contributed by atoms with Crippen LogP contribution in [0.3, 0.4) is 0 Å². The molecule has 0 rings (SSSR count). The summed E-state index contributed by atoms with van der Waals surface area (Å²) in [6.07, 6.45) is 0. The van der Waals surface area contributed by atoms with Crippen molar-refractivity contribution < 1.29 is 14.7 Å². The molecule has 3 nitrogen and oxygen atoms in total. The number of rotatable bonds is 4. The van der Waals surface area contributed by atoms with Gasteiger partial charge in [-0.2, -0.15) is 0 Å². The second-order valence-electron chi connectivity index (χ2n) is 5.88. The summed E-state index contributed by atoms with van der Waals surface area (Å²) in [7, 11) is 4.02. The number of quaternary nitrogens is 1. The normalized spacial score (nSPS) is 14.8. The van der Waals surface area contributed by atoms with Crippen LogP contribution in [0.2, 0.25) is 0 Å². The van der Waals surface area contributed by atoms with Crippen LogP contribution in [0.25, 0.3) is 0 Å². The van der Waals surface area contributed by atoms with Crippen LogP contribution >= 0.6 is 0 Å². The van der Waals surface area contributed by atoms with Gasteiger partial charge in [0.25, 0.3) is 0 Å². The Balaban J connectivity index is 4.25. The molecule has 0 aromatic rings. The van der Waals surface area contributed by atoms with Crippen LogP contribution < -0.4 is 0 Å². The van der Waals surface area contributed by atoms with Crippen LogP contribution in [-0.4, -0.2) is 53.1 Å². The monoisotopic (exact) mass is 190 g/mol. The van der Waals surface area contributed by atoms with Gasteiger partial charge >= 0.3 is 0 Å². The first-order valence-electron chi connectivity index (χ1n) is 4.68. The molecule has 0 aromatic carbocycles. The van der Waals surface area contributed by atoms with Gasteiger partial charge < -0.3 is 14.7 Å². The van der Waals surface area contributed by atoms with E-state index in [9.17, 15) is 10.2 Å². The summed E-state index contributed by atoms with van der Waals surface area (Å²) in [4.78, 5) is 0. The maximum Gasteiger partial charge on any atom is 0.108 e. The predicted octanol–water partition coefficient (Wildman–Crippen LogP) is 0.605. The van der Waals surface area contributed by atoms with Crippen LogP contribution in [0.4, 0.5) is 0 Å². The molecule has 0 aliphatic carbocycles. The van der Waals surface area contributed by atoms with Crippen LogP contribution in [0, 0.1) is 0 Å². The van der Waals surface area contributed by atoms with Crippen LogP contribution in [0.5, 0.6) is 0 Å². The van der Waals surface area contributed by atoms with E-state index in [-0.39, 0.29) is 0 Å². The molecule has 0 fully saturated rings. The second-order valence-corrected chi connectivity index (χ2v) is 5.88. The van der Waals surface area contributed by atoms with Crippen molar-refractivity contribution in [1.29, 1.82) is 0 Å². The first-order chi connectivity index (χ1) is 5.41. The van der Waals surface area contributed by atoms with E-state index < -0.39 is 11.2 Å². The number of aliphatic hydroxyl groups is 2. The second kappa shape index (κ2) is 3.56. The SMILES string of the molecule is CC(C)(O)C[N+](C)(C)CC(C)(C)O. The van der Waals surface area contributed by atoms with E-state index in [1.807, 2.05) is 14.1 Å². The lowest BCUT2D eigenvalue weighted by atomic mass is 10.0. The number of likely N-dealkylation sites (N-methyl/N-ethyl adjacent to an activating group) is 1. The van der Waals surface area contributed by atoms with Crippen LogP contribution in [0.15, 0.2) is 0 Å². The van der Waals surface area contributed by atoms with Gasteiger partial charge in [-0.15, -0.1) is 0 Å². The first-order valence-corrected chi connectivity index (χ1v) is 4.68. The Bertz CT molecular complexity index is 145. The summed E-state index contributed by atoms with van der Waals surface area (Å²) in [5.74, 6) is 0. The average Bonchev–Trinajstić information content (AvgIpc) is 1.43. The van der Waals surface area contributed by atoms with Crippen molar-refractivity contribution >= 4 is 0 Å². The molecular weight excluding hydrogens is 166 g/mol. The third kappa shape index (κ3) is 8.22. The summed E-state index contributed by atoms with van der Waals surface area (Å²) in [6, 6.07) is 0. The Hall–Kier alpha value is -0.120. The fraction of sp³-hybridized carbons (Fsp3) is 1.00. The Morgan fingerprint density at radius 3 is 1.23 bits per heavy atom. The molecule has 0 aliphatic heterocycles. The van der Waals surface area contributed by atoms with Gasteiger partial charge in [0.2, 0.25) is 0 Å². The van der Waals surface area contributed by atoms with E-state index in [0.29, 0.717) is 17.6 Å². The predicted molar refractivity (Wildman–Crippen MR) is 54.4 cm³/mol. The fourth-order valence-electron chi connectivity index (χ4n) is 2.15.